The van der Waals surface area contributed by atoms with Crippen molar-refractivity contribution in [1.29, 1.82) is 0 Å². The molecule has 1 amide bonds. The van der Waals surface area contributed by atoms with Crippen molar-refractivity contribution < 1.29 is 9.53 Å². The molecule has 1 aliphatic rings. The zero-order chi connectivity index (χ0) is 16.9. The Morgan fingerprint density at radius 3 is 2.75 bits per heavy atom. The molecule has 1 saturated heterocycles. The number of amides is 1. The third-order valence-corrected chi connectivity index (χ3v) is 4.43. The van der Waals surface area contributed by atoms with E-state index in [4.69, 9.17) is 4.74 Å². The van der Waals surface area contributed by atoms with Gasteiger partial charge in [0.1, 0.15) is 5.75 Å². The van der Waals surface area contributed by atoms with Crippen molar-refractivity contribution in [2.45, 2.75) is 19.0 Å². The monoisotopic (exact) mass is 325 g/mol. The summed E-state index contributed by atoms with van der Waals surface area (Å²) in [4.78, 5) is 12.7. The van der Waals surface area contributed by atoms with Crippen LogP contribution in [0.3, 0.4) is 0 Å². The standard InChI is InChI=1S/C19H23N3O2/c1-13(14-7-4-3-5-8-14)21-19(23)17-12-20-22-18(17)15-9-6-10-16(11-15)24-2/h3-11,13,17-18,20,22H,12H2,1-2H3,(H,21,23). The predicted molar refractivity (Wildman–Crippen MR) is 93.4 cm³/mol. The molecule has 1 heterocycles. The minimum Gasteiger partial charge on any atom is -0.497 e. The molecule has 2 aromatic rings. The molecule has 3 N–H and O–H groups in total. The Bertz CT molecular complexity index is 690. The minimum absolute atomic E-state index is 0.0229. The molecule has 1 aliphatic heterocycles. The Labute approximate surface area is 142 Å². The van der Waals surface area contributed by atoms with Gasteiger partial charge in [-0.25, -0.2) is 5.43 Å². The minimum atomic E-state index is -0.178. The van der Waals surface area contributed by atoms with E-state index in [0.717, 1.165) is 16.9 Å². The van der Waals surface area contributed by atoms with Crippen molar-refractivity contribution in [3.63, 3.8) is 0 Å². The number of hydrazine groups is 1. The first-order valence-corrected chi connectivity index (χ1v) is 8.16. The van der Waals surface area contributed by atoms with E-state index in [-0.39, 0.29) is 23.9 Å². The van der Waals surface area contributed by atoms with Crippen molar-refractivity contribution in [3.05, 3.63) is 65.7 Å². The predicted octanol–water partition coefficient (Wildman–Crippen LogP) is 2.34. The number of ether oxygens (including phenoxy) is 1. The number of rotatable bonds is 5. The first-order chi connectivity index (χ1) is 11.7. The first kappa shape index (κ1) is 16.5. The summed E-state index contributed by atoms with van der Waals surface area (Å²) in [5.74, 6) is 0.651. The summed E-state index contributed by atoms with van der Waals surface area (Å²) in [7, 11) is 1.64. The molecule has 5 nitrogen and oxygen atoms in total. The normalized spacial score (nSPS) is 21.2. The number of hydrogen-bond acceptors (Lipinski definition) is 4. The fraction of sp³-hybridized carbons (Fsp3) is 0.316. The molecule has 0 spiro atoms. The van der Waals surface area contributed by atoms with E-state index in [1.165, 1.54) is 0 Å². The SMILES string of the molecule is COc1cccc(C2NNCC2C(=O)NC(C)c2ccccc2)c1. The molecule has 0 saturated carbocycles. The van der Waals surface area contributed by atoms with E-state index in [2.05, 4.69) is 16.2 Å². The molecule has 1 fully saturated rings. The number of methoxy groups -OCH3 is 1. The van der Waals surface area contributed by atoms with Crippen LogP contribution in [0.1, 0.15) is 30.1 Å². The van der Waals surface area contributed by atoms with E-state index in [1.54, 1.807) is 7.11 Å². The van der Waals surface area contributed by atoms with Gasteiger partial charge in [-0.3, -0.25) is 10.2 Å². The average Bonchev–Trinajstić information content (AvgIpc) is 3.12. The molecular weight excluding hydrogens is 302 g/mol. The molecule has 5 heteroatoms. The Balaban J connectivity index is 1.71. The topological polar surface area (TPSA) is 62.4 Å². The van der Waals surface area contributed by atoms with Gasteiger partial charge in [0, 0.05) is 6.54 Å². The van der Waals surface area contributed by atoms with Gasteiger partial charge in [-0.05, 0) is 30.2 Å². The van der Waals surface area contributed by atoms with E-state index < -0.39 is 0 Å². The zero-order valence-electron chi connectivity index (χ0n) is 14.0. The van der Waals surface area contributed by atoms with Gasteiger partial charge in [-0.2, -0.15) is 0 Å². The lowest BCUT2D eigenvalue weighted by Gasteiger charge is -2.21. The van der Waals surface area contributed by atoms with Crippen LogP contribution in [0.15, 0.2) is 54.6 Å². The highest BCUT2D eigenvalue weighted by molar-refractivity contribution is 5.80. The van der Waals surface area contributed by atoms with E-state index >= 15 is 0 Å². The van der Waals surface area contributed by atoms with Crippen LogP contribution in [0.4, 0.5) is 0 Å². The van der Waals surface area contributed by atoms with Crippen molar-refractivity contribution in [3.8, 4) is 5.75 Å². The average molecular weight is 325 g/mol. The maximum atomic E-state index is 12.7. The highest BCUT2D eigenvalue weighted by Crippen LogP contribution is 2.28. The maximum Gasteiger partial charge on any atom is 0.226 e. The summed E-state index contributed by atoms with van der Waals surface area (Å²) < 4.78 is 5.28. The lowest BCUT2D eigenvalue weighted by Crippen LogP contribution is -2.36. The van der Waals surface area contributed by atoms with Crippen molar-refractivity contribution in [2.24, 2.45) is 5.92 Å². The van der Waals surface area contributed by atoms with E-state index in [1.807, 2.05) is 61.5 Å². The first-order valence-electron chi connectivity index (χ1n) is 8.16. The second-order valence-corrected chi connectivity index (χ2v) is 6.03. The van der Waals surface area contributed by atoms with Gasteiger partial charge in [-0.1, -0.05) is 42.5 Å². The molecule has 2 aromatic carbocycles. The van der Waals surface area contributed by atoms with Crippen LogP contribution >= 0.6 is 0 Å². The van der Waals surface area contributed by atoms with Crippen LogP contribution in [0.25, 0.3) is 0 Å². The maximum absolute atomic E-state index is 12.7. The molecular formula is C19H23N3O2. The molecule has 0 aliphatic carbocycles. The number of hydrogen-bond donors (Lipinski definition) is 3. The highest BCUT2D eigenvalue weighted by Gasteiger charge is 2.34. The van der Waals surface area contributed by atoms with Crippen LogP contribution in [-0.4, -0.2) is 19.6 Å². The molecule has 3 atom stereocenters. The second kappa shape index (κ2) is 7.47. The summed E-state index contributed by atoms with van der Waals surface area (Å²) in [6.07, 6.45) is 0. The van der Waals surface area contributed by atoms with Crippen molar-refractivity contribution in [1.82, 2.24) is 16.2 Å². The molecule has 0 radical (unpaired) electrons. The molecule has 3 unspecified atom stereocenters. The highest BCUT2D eigenvalue weighted by atomic mass is 16.5. The van der Waals surface area contributed by atoms with Crippen molar-refractivity contribution >= 4 is 5.91 Å². The van der Waals surface area contributed by atoms with Gasteiger partial charge in [0.25, 0.3) is 0 Å². The summed E-state index contributed by atoms with van der Waals surface area (Å²) in [5, 5.41) is 3.12. The van der Waals surface area contributed by atoms with Gasteiger partial charge < -0.3 is 10.1 Å². The van der Waals surface area contributed by atoms with Gasteiger partial charge in [0.2, 0.25) is 5.91 Å². The molecule has 3 rings (SSSR count). The summed E-state index contributed by atoms with van der Waals surface area (Å²) in [6.45, 7) is 2.60. The fourth-order valence-corrected chi connectivity index (χ4v) is 3.04. The third kappa shape index (κ3) is 3.58. The van der Waals surface area contributed by atoms with Gasteiger partial charge in [0.05, 0.1) is 25.1 Å². The summed E-state index contributed by atoms with van der Waals surface area (Å²) >= 11 is 0. The smallest absolute Gasteiger partial charge is 0.226 e. The number of benzene rings is 2. The lowest BCUT2D eigenvalue weighted by atomic mass is 9.93. The van der Waals surface area contributed by atoms with Gasteiger partial charge >= 0.3 is 0 Å². The van der Waals surface area contributed by atoms with E-state index in [9.17, 15) is 4.79 Å². The Morgan fingerprint density at radius 2 is 2.00 bits per heavy atom. The summed E-state index contributed by atoms with van der Waals surface area (Å²) in [6, 6.07) is 17.7. The van der Waals surface area contributed by atoms with Gasteiger partial charge in [0.15, 0.2) is 0 Å². The Morgan fingerprint density at radius 1 is 1.21 bits per heavy atom. The van der Waals surface area contributed by atoms with Gasteiger partial charge in [-0.15, -0.1) is 0 Å². The fourth-order valence-electron chi connectivity index (χ4n) is 3.04. The number of carbonyl (C=O) groups is 1. The van der Waals surface area contributed by atoms with Crippen LogP contribution in [0, 0.1) is 5.92 Å². The number of nitrogens with one attached hydrogen (secondary N) is 3. The largest absolute Gasteiger partial charge is 0.497 e. The Hall–Kier alpha value is -2.37. The second-order valence-electron chi connectivity index (χ2n) is 6.03. The lowest BCUT2D eigenvalue weighted by molar-refractivity contribution is -0.125. The zero-order valence-corrected chi connectivity index (χ0v) is 14.0. The van der Waals surface area contributed by atoms with Crippen LogP contribution in [0.5, 0.6) is 5.75 Å². The Kier molecular flexibility index (Phi) is 5.13. The van der Waals surface area contributed by atoms with Crippen LogP contribution in [-0.2, 0) is 4.79 Å². The molecule has 0 bridgehead atoms. The third-order valence-electron chi connectivity index (χ3n) is 4.43. The molecule has 126 valence electrons. The summed E-state index contributed by atoms with van der Waals surface area (Å²) in [5.41, 5.74) is 8.44. The number of carbonyl (C=O) groups excluding carboxylic acids is 1. The molecule has 24 heavy (non-hydrogen) atoms. The van der Waals surface area contributed by atoms with Crippen LogP contribution < -0.4 is 20.9 Å². The van der Waals surface area contributed by atoms with E-state index in [0.29, 0.717) is 6.54 Å². The van der Waals surface area contributed by atoms with Crippen LogP contribution in [0.2, 0.25) is 0 Å². The quantitative estimate of drug-likeness (QED) is 0.790. The molecule has 0 aromatic heterocycles. The van der Waals surface area contributed by atoms with Crippen molar-refractivity contribution in [2.75, 3.05) is 13.7 Å².